The number of carbonyl (C=O) groups is 1. The summed E-state index contributed by atoms with van der Waals surface area (Å²) in [6, 6.07) is 5.53. The molecule has 25 heavy (non-hydrogen) atoms. The van der Waals surface area contributed by atoms with Crippen LogP contribution < -0.4 is 19.5 Å². The van der Waals surface area contributed by atoms with Crippen LogP contribution in [0.5, 0.6) is 17.2 Å². The van der Waals surface area contributed by atoms with Crippen molar-refractivity contribution in [2.45, 2.75) is 13.0 Å². The number of nitrogens with one attached hydrogen (secondary N) is 1. The van der Waals surface area contributed by atoms with Crippen LogP contribution in [0.25, 0.3) is 0 Å². The van der Waals surface area contributed by atoms with Crippen LogP contribution in [-0.2, 0) is 0 Å². The third kappa shape index (κ3) is 3.99. The highest BCUT2D eigenvalue weighted by molar-refractivity contribution is 5.95. The fourth-order valence-corrected chi connectivity index (χ4v) is 2.42. The first-order chi connectivity index (χ1) is 11.9. The van der Waals surface area contributed by atoms with E-state index in [0.717, 1.165) is 12.1 Å². The molecule has 1 N–H and O–H groups in total. The minimum absolute atomic E-state index is 0.183. The molecule has 2 aromatic carbocycles. The first-order valence-electron chi connectivity index (χ1n) is 7.47. The van der Waals surface area contributed by atoms with E-state index in [-0.39, 0.29) is 11.1 Å². The Kier molecular flexibility index (Phi) is 5.80. The van der Waals surface area contributed by atoms with Gasteiger partial charge in [-0.25, -0.2) is 8.78 Å². The summed E-state index contributed by atoms with van der Waals surface area (Å²) < 4.78 is 42.5. The summed E-state index contributed by atoms with van der Waals surface area (Å²) in [5, 5.41) is 2.66. The van der Waals surface area contributed by atoms with Crippen LogP contribution in [0, 0.1) is 11.6 Å². The topological polar surface area (TPSA) is 56.8 Å². The Hall–Kier alpha value is -2.83. The molecule has 0 spiro atoms. The van der Waals surface area contributed by atoms with Gasteiger partial charge in [0.25, 0.3) is 5.91 Å². The number of hydrogen-bond acceptors (Lipinski definition) is 4. The molecule has 0 unspecified atom stereocenters. The molecule has 5 nitrogen and oxygen atoms in total. The summed E-state index contributed by atoms with van der Waals surface area (Å²) in [6.07, 6.45) is 0. The first kappa shape index (κ1) is 18.5. The molecule has 1 amide bonds. The van der Waals surface area contributed by atoms with Crippen molar-refractivity contribution in [1.82, 2.24) is 5.32 Å². The molecule has 0 heterocycles. The van der Waals surface area contributed by atoms with E-state index in [2.05, 4.69) is 5.32 Å². The smallest absolute Gasteiger partial charge is 0.252 e. The third-order valence-corrected chi connectivity index (χ3v) is 3.70. The fourth-order valence-electron chi connectivity index (χ4n) is 2.42. The molecule has 134 valence electrons. The van der Waals surface area contributed by atoms with Crippen molar-refractivity contribution >= 4 is 5.91 Å². The predicted octanol–water partition coefficient (Wildman–Crippen LogP) is 3.48. The molecule has 1 atom stereocenters. The van der Waals surface area contributed by atoms with Gasteiger partial charge in [0.15, 0.2) is 11.5 Å². The number of amides is 1. The number of ether oxygens (including phenoxy) is 3. The van der Waals surface area contributed by atoms with Crippen molar-refractivity contribution in [3.63, 3.8) is 0 Å². The van der Waals surface area contributed by atoms with Crippen molar-refractivity contribution < 1.29 is 27.8 Å². The summed E-state index contributed by atoms with van der Waals surface area (Å²) in [7, 11) is 4.34. The molecule has 2 aromatic rings. The van der Waals surface area contributed by atoms with E-state index < -0.39 is 23.6 Å². The first-order valence-corrected chi connectivity index (χ1v) is 7.47. The van der Waals surface area contributed by atoms with Crippen LogP contribution >= 0.6 is 0 Å². The Morgan fingerprint density at radius 2 is 1.60 bits per heavy atom. The molecular formula is C18H19F2NO4. The Balaban J connectivity index is 2.28. The van der Waals surface area contributed by atoms with E-state index in [1.807, 2.05) is 0 Å². The van der Waals surface area contributed by atoms with Gasteiger partial charge in [0, 0.05) is 17.2 Å². The molecule has 0 saturated carbocycles. The van der Waals surface area contributed by atoms with Gasteiger partial charge in [0.1, 0.15) is 11.6 Å². The highest BCUT2D eigenvalue weighted by atomic mass is 19.1. The number of methoxy groups -OCH3 is 3. The predicted molar refractivity (Wildman–Crippen MR) is 88.3 cm³/mol. The largest absolute Gasteiger partial charge is 0.493 e. The van der Waals surface area contributed by atoms with Crippen LogP contribution in [0.4, 0.5) is 8.78 Å². The van der Waals surface area contributed by atoms with E-state index >= 15 is 0 Å². The Labute approximate surface area is 144 Å². The normalized spacial score (nSPS) is 11.6. The highest BCUT2D eigenvalue weighted by Gasteiger charge is 2.19. The van der Waals surface area contributed by atoms with Crippen LogP contribution in [0.1, 0.15) is 28.9 Å². The highest BCUT2D eigenvalue weighted by Crippen LogP contribution is 2.38. The van der Waals surface area contributed by atoms with Crippen molar-refractivity contribution in [3.05, 3.63) is 53.1 Å². The van der Waals surface area contributed by atoms with Gasteiger partial charge in [-0.1, -0.05) is 6.07 Å². The van der Waals surface area contributed by atoms with E-state index in [4.69, 9.17) is 14.2 Å². The van der Waals surface area contributed by atoms with Crippen molar-refractivity contribution in [3.8, 4) is 17.2 Å². The van der Waals surface area contributed by atoms with Gasteiger partial charge in [-0.3, -0.25) is 4.79 Å². The molecule has 0 aliphatic carbocycles. The standard InChI is InChI=1S/C18H19F2NO4/c1-10(13-6-5-12(19)9-14(13)20)21-18(22)11-7-15(23-2)17(25-4)16(8-11)24-3/h5-10H,1-4H3,(H,21,22)/t10-/m1/s1. The van der Waals surface area contributed by atoms with Crippen LogP contribution in [-0.4, -0.2) is 27.2 Å². The number of halogens is 2. The molecule has 0 aliphatic rings. The molecule has 0 fully saturated rings. The van der Waals surface area contributed by atoms with E-state index in [1.54, 1.807) is 6.92 Å². The summed E-state index contributed by atoms with van der Waals surface area (Å²) in [5.41, 5.74) is 0.436. The van der Waals surface area contributed by atoms with Gasteiger partial charge in [0.05, 0.1) is 27.4 Å². The summed E-state index contributed by atoms with van der Waals surface area (Å²) in [6.45, 7) is 1.60. The lowest BCUT2D eigenvalue weighted by atomic mass is 10.1. The van der Waals surface area contributed by atoms with E-state index in [9.17, 15) is 13.6 Å². The van der Waals surface area contributed by atoms with E-state index in [0.29, 0.717) is 17.2 Å². The molecule has 2 rings (SSSR count). The number of carbonyl (C=O) groups excluding carboxylic acids is 1. The summed E-state index contributed by atoms with van der Waals surface area (Å²) in [4.78, 5) is 12.5. The zero-order valence-corrected chi connectivity index (χ0v) is 14.4. The van der Waals surface area contributed by atoms with Gasteiger partial charge in [-0.15, -0.1) is 0 Å². The zero-order chi connectivity index (χ0) is 18.6. The summed E-state index contributed by atoms with van der Waals surface area (Å²) >= 11 is 0. The lowest BCUT2D eigenvalue weighted by Gasteiger charge is -2.17. The molecule has 0 bridgehead atoms. The molecule has 0 aromatic heterocycles. The quantitative estimate of drug-likeness (QED) is 0.866. The van der Waals surface area contributed by atoms with Gasteiger partial charge in [-0.2, -0.15) is 0 Å². The van der Waals surface area contributed by atoms with Crippen molar-refractivity contribution in [1.29, 1.82) is 0 Å². The SMILES string of the molecule is COc1cc(C(=O)N[C@H](C)c2ccc(F)cc2F)cc(OC)c1OC. The maximum Gasteiger partial charge on any atom is 0.252 e. The lowest BCUT2D eigenvalue weighted by molar-refractivity contribution is 0.0938. The van der Waals surface area contributed by atoms with Crippen LogP contribution in [0.3, 0.4) is 0 Å². The second kappa shape index (κ2) is 7.83. The molecule has 0 radical (unpaired) electrons. The molecule has 0 saturated heterocycles. The monoisotopic (exact) mass is 351 g/mol. The second-order valence-electron chi connectivity index (χ2n) is 5.27. The Morgan fingerprint density at radius 3 is 2.08 bits per heavy atom. The maximum atomic E-state index is 13.8. The maximum absolute atomic E-state index is 13.8. The minimum Gasteiger partial charge on any atom is -0.493 e. The average molecular weight is 351 g/mol. The summed E-state index contributed by atoms with van der Waals surface area (Å²) in [5.74, 6) is -0.850. The molecular weight excluding hydrogens is 332 g/mol. The van der Waals surface area contributed by atoms with Gasteiger partial charge in [-0.05, 0) is 25.1 Å². The fraction of sp³-hybridized carbons (Fsp3) is 0.278. The minimum atomic E-state index is -0.724. The lowest BCUT2D eigenvalue weighted by Crippen LogP contribution is -2.27. The Bertz CT molecular complexity index is 755. The van der Waals surface area contributed by atoms with Gasteiger partial charge < -0.3 is 19.5 Å². The number of benzene rings is 2. The average Bonchev–Trinajstić information content (AvgIpc) is 2.59. The van der Waals surface area contributed by atoms with Crippen LogP contribution in [0.2, 0.25) is 0 Å². The number of hydrogen-bond donors (Lipinski definition) is 1. The second-order valence-corrected chi connectivity index (χ2v) is 5.27. The van der Waals surface area contributed by atoms with Gasteiger partial charge >= 0.3 is 0 Å². The van der Waals surface area contributed by atoms with Crippen molar-refractivity contribution in [2.75, 3.05) is 21.3 Å². The zero-order valence-electron chi connectivity index (χ0n) is 14.4. The van der Waals surface area contributed by atoms with Crippen molar-refractivity contribution in [2.24, 2.45) is 0 Å². The van der Waals surface area contributed by atoms with Crippen LogP contribution in [0.15, 0.2) is 30.3 Å². The van der Waals surface area contributed by atoms with E-state index in [1.165, 1.54) is 39.5 Å². The number of rotatable bonds is 6. The van der Waals surface area contributed by atoms with Gasteiger partial charge in [0.2, 0.25) is 5.75 Å². The molecule has 7 heteroatoms. The Morgan fingerprint density at radius 1 is 1.00 bits per heavy atom. The third-order valence-electron chi connectivity index (χ3n) is 3.70. The molecule has 0 aliphatic heterocycles.